The molecule has 0 aliphatic heterocycles. The minimum Gasteiger partial charge on any atom is -0.489 e. The maximum Gasteiger partial charge on any atom is 0.289 e. The van der Waals surface area contributed by atoms with Crippen LogP contribution in [0.2, 0.25) is 10.0 Å². The Morgan fingerprint density at radius 1 is 0.621 bits per heavy atom. The Hall–Kier alpha value is -5.34. The van der Waals surface area contributed by atoms with Crippen molar-refractivity contribution in [2.45, 2.75) is 51.4 Å². The Morgan fingerprint density at radius 3 is 1.33 bits per heavy atom. The van der Waals surface area contributed by atoms with E-state index in [9.17, 15) is 9.59 Å². The Labute approximate surface area is 347 Å². The van der Waals surface area contributed by atoms with Gasteiger partial charge in [0.2, 0.25) is 11.6 Å². The van der Waals surface area contributed by atoms with Gasteiger partial charge in [0.15, 0.2) is 11.5 Å². The number of rotatable bonds is 18. The molecule has 4 saturated carbocycles. The number of oxime groups is 2. The molecule has 0 bridgehead atoms. The third-order valence-corrected chi connectivity index (χ3v) is 10.4. The molecule has 2 amide bonds. The van der Waals surface area contributed by atoms with Crippen molar-refractivity contribution in [1.82, 2.24) is 30.6 Å². The fraction of sp³-hybridized carbons (Fsp3) is 0.429. The molecule has 4 fully saturated rings. The number of amides is 2. The molecule has 4 aliphatic carbocycles. The predicted molar refractivity (Wildman–Crippen MR) is 220 cm³/mol. The summed E-state index contributed by atoms with van der Waals surface area (Å²) >= 11 is 12.0. The minimum absolute atomic E-state index is 0.0845. The number of aromatic nitrogens is 4. The number of carbonyl (C=O) groups excluding carboxylic acids is 2. The van der Waals surface area contributed by atoms with Gasteiger partial charge >= 0.3 is 0 Å². The monoisotopic (exact) mass is 828 g/mol. The predicted octanol–water partition coefficient (Wildman–Crippen LogP) is 7.46. The van der Waals surface area contributed by atoms with Gasteiger partial charge in [0.05, 0.1) is 50.1 Å². The number of hydrogen-bond donors (Lipinski definition) is 2. The number of benzene rings is 2. The van der Waals surface area contributed by atoms with E-state index in [1.165, 1.54) is 39.9 Å². The van der Waals surface area contributed by atoms with Crippen molar-refractivity contribution in [3.63, 3.8) is 0 Å². The lowest BCUT2D eigenvalue weighted by molar-refractivity contribution is 0.0940. The number of carbonyl (C=O) groups is 2. The Morgan fingerprint density at radius 2 is 1.00 bits per heavy atom. The van der Waals surface area contributed by atoms with Gasteiger partial charge in [-0.2, -0.15) is 0 Å². The van der Waals surface area contributed by atoms with Gasteiger partial charge in [-0.15, -0.1) is 0 Å². The number of ether oxygens (including phenoxy) is 2. The minimum atomic E-state index is -0.363. The maximum atomic E-state index is 12.6. The van der Waals surface area contributed by atoms with Crippen LogP contribution in [0.4, 0.5) is 0 Å². The molecule has 4 aliphatic rings. The summed E-state index contributed by atoms with van der Waals surface area (Å²) in [6.45, 7) is 1.90. The van der Waals surface area contributed by atoms with E-state index in [1.54, 1.807) is 36.7 Å². The summed E-state index contributed by atoms with van der Waals surface area (Å²) in [5.41, 5.74) is 4.46. The smallest absolute Gasteiger partial charge is 0.289 e. The standard InChI is InChI=1S/2C21H23ClN4O3/c2*1-28-26-17(14-4-5-14)10-24-21(27)20-23-11-18(29-12-13-2-3-13)19(25-20)15-6-8-16(22)9-7-15/h2*6-9,11,13-14H,2-5,10,12H2,1H3,(H,24,27)/b26-17+;26-17-. The summed E-state index contributed by atoms with van der Waals surface area (Å²) in [6.07, 6.45) is 12.2. The van der Waals surface area contributed by atoms with Crippen LogP contribution in [0.5, 0.6) is 11.5 Å². The summed E-state index contributed by atoms with van der Waals surface area (Å²) in [5.74, 6) is 2.54. The summed E-state index contributed by atoms with van der Waals surface area (Å²) in [6, 6.07) is 14.6. The lowest BCUT2D eigenvalue weighted by atomic mass is 10.1. The van der Waals surface area contributed by atoms with Crippen molar-refractivity contribution in [2.24, 2.45) is 34.0 Å². The van der Waals surface area contributed by atoms with Gasteiger partial charge in [0.25, 0.3) is 11.8 Å². The van der Waals surface area contributed by atoms with Crippen LogP contribution >= 0.6 is 23.2 Å². The molecule has 0 unspecified atom stereocenters. The van der Waals surface area contributed by atoms with Crippen molar-refractivity contribution in [2.75, 3.05) is 40.5 Å². The molecule has 2 heterocycles. The second kappa shape index (κ2) is 19.4. The normalized spacial score (nSPS) is 16.4. The SMILES string of the molecule is CO/N=C(/CNC(=O)c1ncc(OCC2CC2)c(-c2ccc(Cl)cc2)n1)C1CC1.CO/N=C(\CNC(=O)c1ncc(OCC2CC2)c(-c2ccc(Cl)cc2)n1)C1CC1. The first-order valence-corrected chi connectivity index (χ1v) is 20.3. The number of nitrogens with one attached hydrogen (secondary N) is 2. The highest BCUT2D eigenvalue weighted by Crippen LogP contribution is 2.35. The van der Waals surface area contributed by atoms with E-state index in [1.807, 2.05) is 24.3 Å². The van der Waals surface area contributed by atoms with E-state index in [-0.39, 0.29) is 23.5 Å². The molecular weight excluding hydrogens is 783 g/mol. The van der Waals surface area contributed by atoms with E-state index in [0.717, 1.165) is 48.2 Å². The van der Waals surface area contributed by atoms with E-state index in [4.69, 9.17) is 42.4 Å². The number of hydrogen-bond acceptors (Lipinski definition) is 12. The lowest BCUT2D eigenvalue weighted by Gasteiger charge is -2.12. The fourth-order valence-electron chi connectivity index (χ4n) is 5.85. The van der Waals surface area contributed by atoms with Crippen molar-refractivity contribution < 1.29 is 28.7 Å². The zero-order chi connectivity index (χ0) is 40.4. The lowest BCUT2D eigenvalue weighted by Crippen LogP contribution is -2.32. The largest absolute Gasteiger partial charge is 0.489 e. The third kappa shape index (κ3) is 11.9. The second-order valence-electron chi connectivity index (χ2n) is 14.8. The third-order valence-electron chi connectivity index (χ3n) is 9.87. The van der Waals surface area contributed by atoms with Crippen molar-refractivity contribution in [1.29, 1.82) is 0 Å². The number of halogens is 2. The molecule has 14 nitrogen and oxygen atoms in total. The van der Waals surface area contributed by atoms with Crippen LogP contribution in [0.25, 0.3) is 22.5 Å². The second-order valence-corrected chi connectivity index (χ2v) is 15.7. The van der Waals surface area contributed by atoms with Gasteiger partial charge in [-0.25, -0.2) is 19.9 Å². The van der Waals surface area contributed by atoms with Gasteiger partial charge in [0, 0.05) is 33.0 Å². The molecule has 0 spiro atoms. The molecule has 16 heteroatoms. The molecule has 0 atom stereocenters. The zero-order valence-electron chi connectivity index (χ0n) is 32.5. The molecule has 4 aromatic rings. The van der Waals surface area contributed by atoms with E-state index in [2.05, 4.69) is 40.9 Å². The van der Waals surface area contributed by atoms with Crippen LogP contribution < -0.4 is 20.1 Å². The van der Waals surface area contributed by atoms with Gasteiger partial charge in [-0.3, -0.25) is 9.59 Å². The van der Waals surface area contributed by atoms with E-state index < -0.39 is 0 Å². The van der Waals surface area contributed by atoms with Gasteiger partial charge in [-0.1, -0.05) is 57.8 Å². The summed E-state index contributed by atoms with van der Waals surface area (Å²) < 4.78 is 11.8. The van der Waals surface area contributed by atoms with Crippen LogP contribution in [0, 0.1) is 23.7 Å². The summed E-state index contributed by atoms with van der Waals surface area (Å²) in [4.78, 5) is 52.4. The highest BCUT2D eigenvalue weighted by molar-refractivity contribution is 6.31. The zero-order valence-corrected chi connectivity index (χ0v) is 34.0. The summed E-state index contributed by atoms with van der Waals surface area (Å²) in [7, 11) is 3.01. The van der Waals surface area contributed by atoms with Crippen LogP contribution in [-0.2, 0) is 9.68 Å². The maximum absolute atomic E-state index is 12.6. The Balaban J connectivity index is 0.000000177. The van der Waals surface area contributed by atoms with Crippen LogP contribution in [-0.4, -0.2) is 83.7 Å². The van der Waals surface area contributed by atoms with Crippen LogP contribution in [0.3, 0.4) is 0 Å². The summed E-state index contributed by atoms with van der Waals surface area (Å²) in [5, 5.41) is 15.0. The van der Waals surface area contributed by atoms with Gasteiger partial charge in [-0.05, 0) is 87.5 Å². The van der Waals surface area contributed by atoms with Crippen molar-refractivity contribution >= 4 is 46.4 Å². The molecule has 2 aromatic heterocycles. The quantitative estimate of drug-likeness (QED) is 0.0758. The number of nitrogens with zero attached hydrogens (tertiary/aromatic N) is 6. The molecule has 0 saturated heterocycles. The molecule has 2 aromatic carbocycles. The average Bonchev–Trinajstić information content (AvgIpc) is 4.03. The van der Waals surface area contributed by atoms with Crippen LogP contribution in [0.15, 0.2) is 71.2 Å². The average molecular weight is 830 g/mol. The molecular formula is C42H46Cl2N8O6. The van der Waals surface area contributed by atoms with Crippen molar-refractivity contribution in [3.8, 4) is 34.0 Å². The highest BCUT2D eigenvalue weighted by atomic mass is 35.5. The van der Waals surface area contributed by atoms with Gasteiger partial charge in [0.1, 0.15) is 25.6 Å². The first kappa shape index (κ1) is 40.8. The fourth-order valence-corrected chi connectivity index (χ4v) is 6.11. The topological polar surface area (TPSA) is 171 Å². The Kier molecular flexibility index (Phi) is 13.7. The van der Waals surface area contributed by atoms with Crippen LogP contribution in [0.1, 0.15) is 72.6 Å². The molecule has 58 heavy (non-hydrogen) atoms. The molecule has 0 radical (unpaired) electrons. The first-order valence-electron chi connectivity index (χ1n) is 19.6. The van der Waals surface area contributed by atoms with Gasteiger partial charge < -0.3 is 29.8 Å². The molecule has 8 rings (SSSR count). The highest BCUT2D eigenvalue weighted by Gasteiger charge is 2.30. The van der Waals surface area contributed by atoms with E-state index >= 15 is 0 Å². The molecule has 2 N–H and O–H groups in total. The molecule has 304 valence electrons. The first-order chi connectivity index (χ1) is 28.3. The van der Waals surface area contributed by atoms with E-state index in [0.29, 0.717) is 82.9 Å². The Bertz CT molecular complexity index is 1970. The van der Waals surface area contributed by atoms with Crippen molar-refractivity contribution in [3.05, 3.63) is 82.6 Å².